The first-order valence-corrected chi connectivity index (χ1v) is 7.46. The van der Waals surface area contributed by atoms with Gasteiger partial charge in [0.05, 0.1) is 17.9 Å². The zero-order valence-electron chi connectivity index (χ0n) is 11.1. The van der Waals surface area contributed by atoms with E-state index in [9.17, 15) is 0 Å². The number of nitrogens with one attached hydrogen (secondary N) is 1. The van der Waals surface area contributed by atoms with Crippen molar-refractivity contribution < 1.29 is 0 Å². The number of para-hydroxylation sites is 2. The fourth-order valence-electron chi connectivity index (χ4n) is 2.03. The van der Waals surface area contributed by atoms with Crippen molar-refractivity contribution in [3.8, 4) is 0 Å². The highest BCUT2D eigenvalue weighted by molar-refractivity contribution is 7.09. The van der Waals surface area contributed by atoms with Crippen LogP contribution in [-0.4, -0.2) is 0 Å². The van der Waals surface area contributed by atoms with Crippen molar-refractivity contribution in [2.45, 2.75) is 6.54 Å². The van der Waals surface area contributed by atoms with E-state index in [1.54, 1.807) is 11.3 Å². The first-order chi connectivity index (χ1) is 9.92. The van der Waals surface area contributed by atoms with E-state index in [1.807, 2.05) is 24.3 Å². The second-order valence-corrected chi connectivity index (χ2v) is 5.51. The standard InChI is InChI=1S/C17H16N2S/c1-3-8-15(9-4-1)18-19(14-17-12-7-13-20-17)16-10-5-2-6-11-16/h1-13,18H,14H2. The molecule has 0 aliphatic heterocycles. The zero-order chi connectivity index (χ0) is 13.6. The van der Waals surface area contributed by atoms with Crippen LogP contribution in [0.25, 0.3) is 0 Å². The topological polar surface area (TPSA) is 15.3 Å². The molecular formula is C17H16N2S. The number of thiophene rings is 1. The summed E-state index contributed by atoms with van der Waals surface area (Å²) in [5.41, 5.74) is 5.72. The van der Waals surface area contributed by atoms with Crippen molar-refractivity contribution >= 4 is 22.7 Å². The molecule has 0 aliphatic carbocycles. The van der Waals surface area contributed by atoms with Gasteiger partial charge in [-0.25, -0.2) is 0 Å². The molecule has 0 atom stereocenters. The fourth-order valence-corrected chi connectivity index (χ4v) is 2.72. The second-order valence-electron chi connectivity index (χ2n) is 4.48. The third kappa shape index (κ3) is 3.19. The molecule has 1 N–H and O–H groups in total. The number of hydrogen-bond acceptors (Lipinski definition) is 3. The number of anilines is 2. The van der Waals surface area contributed by atoms with Gasteiger partial charge in [0.15, 0.2) is 0 Å². The molecule has 2 nitrogen and oxygen atoms in total. The van der Waals surface area contributed by atoms with Gasteiger partial charge in [0.25, 0.3) is 0 Å². The number of hydrogen-bond donors (Lipinski definition) is 1. The van der Waals surface area contributed by atoms with E-state index in [-0.39, 0.29) is 0 Å². The molecule has 0 unspecified atom stereocenters. The summed E-state index contributed by atoms with van der Waals surface area (Å²) < 4.78 is 0. The number of nitrogens with zero attached hydrogens (tertiary/aromatic N) is 1. The molecule has 0 radical (unpaired) electrons. The van der Waals surface area contributed by atoms with Gasteiger partial charge in [0.1, 0.15) is 0 Å². The van der Waals surface area contributed by atoms with Gasteiger partial charge in [-0.2, -0.15) is 0 Å². The van der Waals surface area contributed by atoms with Crippen LogP contribution in [0.3, 0.4) is 0 Å². The molecule has 0 spiro atoms. The van der Waals surface area contributed by atoms with Crippen LogP contribution in [-0.2, 0) is 6.54 Å². The van der Waals surface area contributed by atoms with Crippen LogP contribution in [0, 0.1) is 0 Å². The van der Waals surface area contributed by atoms with Crippen LogP contribution in [0.2, 0.25) is 0 Å². The Balaban J connectivity index is 1.83. The van der Waals surface area contributed by atoms with Gasteiger partial charge in [0.2, 0.25) is 0 Å². The Kier molecular flexibility index (Phi) is 3.99. The van der Waals surface area contributed by atoms with Gasteiger partial charge in [-0.1, -0.05) is 42.5 Å². The van der Waals surface area contributed by atoms with E-state index in [4.69, 9.17) is 0 Å². The molecule has 3 heteroatoms. The predicted molar refractivity (Wildman–Crippen MR) is 87.0 cm³/mol. The summed E-state index contributed by atoms with van der Waals surface area (Å²) >= 11 is 1.77. The SMILES string of the molecule is c1ccc(NN(Cc2cccs2)c2ccccc2)cc1. The summed E-state index contributed by atoms with van der Waals surface area (Å²) in [4.78, 5) is 1.33. The van der Waals surface area contributed by atoms with E-state index in [0.717, 1.165) is 17.9 Å². The third-order valence-corrected chi connectivity index (χ3v) is 3.86. The Morgan fingerprint density at radius 3 is 2.15 bits per heavy atom. The Morgan fingerprint density at radius 2 is 1.50 bits per heavy atom. The van der Waals surface area contributed by atoms with Crippen molar-refractivity contribution in [1.29, 1.82) is 0 Å². The Labute approximate surface area is 123 Å². The summed E-state index contributed by atoms with van der Waals surface area (Å²) in [5.74, 6) is 0. The van der Waals surface area contributed by atoms with Crippen LogP contribution in [0.5, 0.6) is 0 Å². The van der Waals surface area contributed by atoms with Crippen molar-refractivity contribution in [3.05, 3.63) is 83.1 Å². The maximum absolute atomic E-state index is 3.47. The van der Waals surface area contributed by atoms with E-state index in [1.165, 1.54) is 4.88 Å². The highest BCUT2D eigenvalue weighted by Gasteiger charge is 2.07. The minimum atomic E-state index is 0.844. The molecule has 3 aromatic rings. The molecule has 0 aliphatic rings. The molecule has 0 fully saturated rings. The smallest absolute Gasteiger partial charge is 0.0737 e. The Hall–Kier alpha value is -2.26. The van der Waals surface area contributed by atoms with Crippen LogP contribution >= 0.6 is 11.3 Å². The molecule has 100 valence electrons. The van der Waals surface area contributed by atoms with Crippen molar-refractivity contribution in [2.24, 2.45) is 0 Å². The molecule has 20 heavy (non-hydrogen) atoms. The molecule has 0 saturated heterocycles. The van der Waals surface area contributed by atoms with Gasteiger partial charge in [-0.3, -0.25) is 10.4 Å². The first kappa shape index (κ1) is 12.8. The van der Waals surface area contributed by atoms with Gasteiger partial charge in [-0.05, 0) is 35.7 Å². The minimum absolute atomic E-state index is 0.844. The third-order valence-electron chi connectivity index (χ3n) is 3.00. The van der Waals surface area contributed by atoms with Gasteiger partial charge in [-0.15, -0.1) is 11.3 Å². The maximum Gasteiger partial charge on any atom is 0.0737 e. The number of benzene rings is 2. The largest absolute Gasteiger partial charge is 0.298 e. The molecule has 0 bridgehead atoms. The van der Waals surface area contributed by atoms with Gasteiger partial charge in [0, 0.05) is 4.88 Å². The van der Waals surface area contributed by atoms with Crippen LogP contribution in [0.1, 0.15) is 4.88 Å². The highest BCUT2D eigenvalue weighted by Crippen LogP contribution is 2.20. The van der Waals surface area contributed by atoms with Crippen LogP contribution in [0.4, 0.5) is 11.4 Å². The highest BCUT2D eigenvalue weighted by atomic mass is 32.1. The van der Waals surface area contributed by atoms with E-state index >= 15 is 0 Å². The monoisotopic (exact) mass is 280 g/mol. The number of hydrazine groups is 1. The Morgan fingerprint density at radius 1 is 0.800 bits per heavy atom. The van der Waals surface area contributed by atoms with Crippen molar-refractivity contribution in [2.75, 3.05) is 10.4 Å². The second kappa shape index (κ2) is 6.26. The molecule has 2 aromatic carbocycles. The normalized spacial score (nSPS) is 10.2. The molecular weight excluding hydrogens is 264 g/mol. The van der Waals surface area contributed by atoms with E-state index in [0.29, 0.717) is 0 Å². The summed E-state index contributed by atoms with van der Waals surface area (Å²) in [6, 6.07) is 24.9. The lowest BCUT2D eigenvalue weighted by atomic mass is 10.3. The lowest BCUT2D eigenvalue weighted by molar-refractivity contribution is 0.921. The average Bonchev–Trinajstić information content (AvgIpc) is 3.02. The fraction of sp³-hybridized carbons (Fsp3) is 0.0588. The molecule has 3 rings (SSSR count). The quantitative estimate of drug-likeness (QED) is 0.676. The van der Waals surface area contributed by atoms with Crippen LogP contribution < -0.4 is 10.4 Å². The lowest BCUT2D eigenvalue weighted by Crippen LogP contribution is -2.28. The summed E-state index contributed by atoms with van der Waals surface area (Å²) in [6.07, 6.45) is 0. The van der Waals surface area contributed by atoms with Gasteiger partial charge < -0.3 is 0 Å². The summed E-state index contributed by atoms with van der Waals surface area (Å²) in [5, 5.41) is 4.28. The predicted octanol–water partition coefficient (Wildman–Crippen LogP) is 4.78. The van der Waals surface area contributed by atoms with Gasteiger partial charge >= 0.3 is 0 Å². The molecule has 0 amide bonds. The first-order valence-electron chi connectivity index (χ1n) is 6.58. The Bertz CT molecular complexity index is 621. The molecule has 0 saturated carbocycles. The molecule has 1 heterocycles. The number of rotatable bonds is 5. The average molecular weight is 280 g/mol. The van der Waals surface area contributed by atoms with Crippen LogP contribution in [0.15, 0.2) is 78.2 Å². The van der Waals surface area contributed by atoms with E-state index < -0.39 is 0 Å². The van der Waals surface area contributed by atoms with Crippen molar-refractivity contribution in [3.63, 3.8) is 0 Å². The maximum atomic E-state index is 3.47. The summed E-state index contributed by atoms with van der Waals surface area (Å²) in [7, 11) is 0. The van der Waals surface area contributed by atoms with Crippen molar-refractivity contribution in [1.82, 2.24) is 0 Å². The minimum Gasteiger partial charge on any atom is -0.298 e. The van der Waals surface area contributed by atoms with E-state index in [2.05, 4.69) is 64.3 Å². The zero-order valence-corrected chi connectivity index (χ0v) is 11.9. The molecule has 1 aromatic heterocycles. The lowest BCUT2D eigenvalue weighted by Gasteiger charge is -2.26. The summed E-state index contributed by atoms with van der Waals surface area (Å²) in [6.45, 7) is 0.844.